The quantitative estimate of drug-likeness (QED) is 0.701. The summed E-state index contributed by atoms with van der Waals surface area (Å²) in [5.74, 6) is 1.26. The highest BCUT2D eigenvalue weighted by molar-refractivity contribution is 9.10. The van der Waals surface area contributed by atoms with Crippen molar-refractivity contribution in [1.82, 2.24) is 5.32 Å². The Labute approximate surface area is 137 Å². The van der Waals surface area contributed by atoms with Gasteiger partial charge in [0.15, 0.2) is 0 Å². The van der Waals surface area contributed by atoms with Gasteiger partial charge in [0.05, 0.1) is 0 Å². The molecule has 0 heterocycles. The molecule has 1 unspecified atom stereocenters. The minimum atomic E-state index is 0.264. The number of halogens is 2. The van der Waals surface area contributed by atoms with Gasteiger partial charge in [0.2, 0.25) is 0 Å². The average Bonchev–Trinajstić information content (AvgIpc) is 2.28. The van der Waals surface area contributed by atoms with E-state index in [1.165, 1.54) is 5.56 Å². The summed E-state index contributed by atoms with van der Waals surface area (Å²) in [6, 6.07) is 6.19. The average molecular weight is 361 g/mol. The second-order valence-electron chi connectivity index (χ2n) is 7.05. The SMILES string of the molecule is CC(C)CNCC(Cc1ccc(Br)cc1Cl)C(C)(C)C. The molecular formula is C17H27BrClN. The lowest BCUT2D eigenvalue weighted by atomic mass is 9.77. The topological polar surface area (TPSA) is 12.0 Å². The molecule has 114 valence electrons. The number of hydrogen-bond acceptors (Lipinski definition) is 1. The third kappa shape index (κ3) is 6.15. The van der Waals surface area contributed by atoms with Gasteiger partial charge in [0, 0.05) is 9.50 Å². The van der Waals surface area contributed by atoms with Gasteiger partial charge in [-0.05, 0) is 54.5 Å². The third-order valence-electron chi connectivity index (χ3n) is 3.65. The summed E-state index contributed by atoms with van der Waals surface area (Å²) in [6.45, 7) is 13.5. The Hall–Kier alpha value is -0.0500. The zero-order chi connectivity index (χ0) is 15.3. The van der Waals surface area contributed by atoms with E-state index in [0.717, 1.165) is 29.0 Å². The van der Waals surface area contributed by atoms with Gasteiger partial charge in [0.1, 0.15) is 0 Å². The Morgan fingerprint density at radius 1 is 1.20 bits per heavy atom. The van der Waals surface area contributed by atoms with Crippen LogP contribution in [0, 0.1) is 17.3 Å². The van der Waals surface area contributed by atoms with E-state index in [1.54, 1.807) is 0 Å². The number of nitrogens with one attached hydrogen (secondary N) is 1. The Morgan fingerprint density at radius 3 is 2.35 bits per heavy atom. The number of hydrogen-bond donors (Lipinski definition) is 1. The molecule has 1 atom stereocenters. The zero-order valence-corrected chi connectivity index (χ0v) is 15.6. The van der Waals surface area contributed by atoms with E-state index in [4.69, 9.17) is 11.6 Å². The van der Waals surface area contributed by atoms with Crippen LogP contribution < -0.4 is 5.32 Å². The molecular weight excluding hydrogens is 334 g/mol. The van der Waals surface area contributed by atoms with Crippen LogP contribution in [0.2, 0.25) is 5.02 Å². The van der Waals surface area contributed by atoms with Crippen LogP contribution in [0.5, 0.6) is 0 Å². The summed E-state index contributed by atoms with van der Waals surface area (Å²) in [4.78, 5) is 0. The van der Waals surface area contributed by atoms with Crippen LogP contribution in [0.3, 0.4) is 0 Å². The lowest BCUT2D eigenvalue weighted by Gasteiger charge is -2.32. The first-order valence-electron chi connectivity index (χ1n) is 7.34. The predicted molar refractivity (Wildman–Crippen MR) is 93.5 cm³/mol. The first kappa shape index (κ1) is 18.0. The van der Waals surface area contributed by atoms with Crippen molar-refractivity contribution in [3.8, 4) is 0 Å². The second kappa shape index (κ2) is 7.82. The van der Waals surface area contributed by atoms with E-state index < -0.39 is 0 Å². The highest BCUT2D eigenvalue weighted by Gasteiger charge is 2.25. The van der Waals surface area contributed by atoms with E-state index in [1.807, 2.05) is 6.07 Å². The Kier molecular flexibility index (Phi) is 7.03. The molecule has 3 heteroatoms. The van der Waals surface area contributed by atoms with Crippen molar-refractivity contribution in [2.24, 2.45) is 17.3 Å². The third-order valence-corrected chi connectivity index (χ3v) is 4.49. The van der Waals surface area contributed by atoms with Gasteiger partial charge >= 0.3 is 0 Å². The van der Waals surface area contributed by atoms with Crippen LogP contribution in [-0.2, 0) is 6.42 Å². The van der Waals surface area contributed by atoms with Crippen LogP contribution in [0.1, 0.15) is 40.2 Å². The fraction of sp³-hybridized carbons (Fsp3) is 0.647. The standard InChI is InChI=1S/C17H27BrClN/c1-12(2)10-20-11-14(17(3,4)5)8-13-6-7-15(18)9-16(13)19/h6-7,9,12,14,20H,8,10-11H2,1-5H3. The van der Waals surface area contributed by atoms with Crippen molar-refractivity contribution >= 4 is 27.5 Å². The van der Waals surface area contributed by atoms with E-state index in [-0.39, 0.29) is 5.41 Å². The maximum Gasteiger partial charge on any atom is 0.0449 e. The first-order valence-corrected chi connectivity index (χ1v) is 8.52. The molecule has 0 spiro atoms. The van der Waals surface area contributed by atoms with Crippen molar-refractivity contribution in [2.45, 2.75) is 41.0 Å². The van der Waals surface area contributed by atoms with Crippen molar-refractivity contribution in [3.63, 3.8) is 0 Å². The van der Waals surface area contributed by atoms with Crippen LogP contribution in [0.15, 0.2) is 22.7 Å². The highest BCUT2D eigenvalue weighted by Crippen LogP contribution is 2.31. The minimum absolute atomic E-state index is 0.264. The monoisotopic (exact) mass is 359 g/mol. The van der Waals surface area contributed by atoms with Gasteiger partial charge in [-0.2, -0.15) is 0 Å². The second-order valence-corrected chi connectivity index (χ2v) is 8.38. The summed E-state index contributed by atoms with van der Waals surface area (Å²) in [6.07, 6.45) is 1.01. The zero-order valence-electron chi connectivity index (χ0n) is 13.3. The van der Waals surface area contributed by atoms with Crippen LogP contribution in [0.4, 0.5) is 0 Å². The minimum Gasteiger partial charge on any atom is -0.316 e. The van der Waals surface area contributed by atoms with E-state index in [0.29, 0.717) is 11.8 Å². The molecule has 0 aliphatic carbocycles. The summed E-state index contributed by atoms with van der Waals surface area (Å²) < 4.78 is 1.04. The normalized spacial score (nSPS) is 13.8. The van der Waals surface area contributed by atoms with Crippen molar-refractivity contribution in [2.75, 3.05) is 13.1 Å². The molecule has 0 saturated heterocycles. The Balaban J connectivity index is 2.74. The summed E-state index contributed by atoms with van der Waals surface area (Å²) in [5.41, 5.74) is 1.50. The van der Waals surface area contributed by atoms with Crippen LogP contribution >= 0.6 is 27.5 Å². The van der Waals surface area contributed by atoms with Gasteiger partial charge in [-0.3, -0.25) is 0 Å². The molecule has 0 aliphatic heterocycles. The lowest BCUT2D eigenvalue weighted by molar-refractivity contribution is 0.228. The maximum atomic E-state index is 6.36. The predicted octanol–water partition coefficient (Wildman–Crippen LogP) is 5.55. The highest BCUT2D eigenvalue weighted by atomic mass is 79.9. The van der Waals surface area contributed by atoms with Crippen molar-refractivity contribution in [3.05, 3.63) is 33.3 Å². The van der Waals surface area contributed by atoms with Gasteiger partial charge in [0.25, 0.3) is 0 Å². The number of benzene rings is 1. The summed E-state index contributed by atoms with van der Waals surface area (Å²) in [7, 11) is 0. The molecule has 1 N–H and O–H groups in total. The number of rotatable bonds is 6. The molecule has 1 aromatic carbocycles. The molecule has 0 fully saturated rings. The van der Waals surface area contributed by atoms with Crippen LogP contribution in [0.25, 0.3) is 0 Å². The summed E-state index contributed by atoms with van der Waals surface area (Å²) in [5, 5.41) is 4.45. The van der Waals surface area contributed by atoms with Gasteiger partial charge in [-0.25, -0.2) is 0 Å². The van der Waals surface area contributed by atoms with Gasteiger partial charge < -0.3 is 5.32 Å². The van der Waals surface area contributed by atoms with Crippen molar-refractivity contribution in [1.29, 1.82) is 0 Å². The molecule has 1 rings (SSSR count). The summed E-state index contributed by atoms with van der Waals surface area (Å²) >= 11 is 9.82. The molecule has 0 aromatic heterocycles. The molecule has 0 saturated carbocycles. The molecule has 1 aromatic rings. The largest absolute Gasteiger partial charge is 0.316 e. The van der Waals surface area contributed by atoms with E-state index in [2.05, 4.69) is 68.0 Å². The molecule has 0 radical (unpaired) electrons. The van der Waals surface area contributed by atoms with Crippen molar-refractivity contribution < 1.29 is 0 Å². The van der Waals surface area contributed by atoms with Crippen LogP contribution in [-0.4, -0.2) is 13.1 Å². The smallest absolute Gasteiger partial charge is 0.0449 e. The molecule has 20 heavy (non-hydrogen) atoms. The fourth-order valence-electron chi connectivity index (χ4n) is 2.18. The molecule has 0 aliphatic rings. The van der Waals surface area contributed by atoms with Gasteiger partial charge in [-0.15, -0.1) is 0 Å². The maximum absolute atomic E-state index is 6.36. The fourth-order valence-corrected chi connectivity index (χ4v) is 2.93. The molecule has 0 amide bonds. The van der Waals surface area contributed by atoms with E-state index in [9.17, 15) is 0 Å². The lowest BCUT2D eigenvalue weighted by Crippen LogP contribution is -2.35. The Morgan fingerprint density at radius 2 is 1.85 bits per heavy atom. The Bertz CT molecular complexity index is 423. The first-order chi connectivity index (χ1) is 9.20. The van der Waals surface area contributed by atoms with Gasteiger partial charge in [-0.1, -0.05) is 68.2 Å². The van der Waals surface area contributed by atoms with E-state index >= 15 is 0 Å². The molecule has 0 bridgehead atoms. The molecule has 1 nitrogen and oxygen atoms in total.